The Bertz CT molecular complexity index is 1310. The number of imidazole rings is 1. The number of hydrogen-bond donors (Lipinski definition) is 1. The zero-order chi connectivity index (χ0) is 27.9. The highest BCUT2D eigenvalue weighted by Gasteiger charge is 2.32. The van der Waals surface area contributed by atoms with Crippen molar-refractivity contribution in [3.05, 3.63) is 34.2 Å². The summed E-state index contributed by atoms with van der Waals surface area (Å²) < 4.78 is 8.68. The number of piperidine rings is 3. The van der Waals surface area contributed by atoms with Crippen LogP contribution in [-0.2, 0) is 21.4 Å². The van der Waals surface area contributed by atoms with E-state index in [4.69, 9.17) is 4.74 Å². The third-order valence-corrected chi connectivity index (χ3v) is 8.48. The van der Waals surface area contributed by atoms with Crippen molar-refractivity contribution in [2.75, 3.05) is 32.7 Å². The minimum absolute atomic E-state index is 0.205. The minimum Gasteiger partial charge on any atom is -0.444 e. The Morgan fingerprint density at radius 3 is 2.31 bits per heavy atom. The van der Waals surface area contributed by atoms with Gasteiger partial charge in [0.1, 0.15) is 11.6 Å². The monoisotopic (exact) mass is 539 g/mol. The van der Waals surface area contributed by atoms with Gasteiger partial charge in [0.15, 0.2) is 0 Å². The number of aryl methyl sites for hydroxylation is 1. The molecule has 1 N–H and O–H groups in total. The Morgan fingerprint density at radius 1 is 0.974 bits per heavy atom. The van der Waals surface area contributed by atoms with Gasteiger partial charge in [-0.05, 0) is 95.5 Å². The van der Waals surface area contributed by atoms with Gasteiger partial charge in [-0.25, -0.2) is 9.59 Å². The van der Waals surface area contributed by atoms with Crippen molar-refractivity contribution in [2.45, 2.75) is 76.9 Å². The molecule has 3 aliphatic rings. The summed E-state index contributed by atoms with van der Waals surface area (Å²) in [5, 5.41) is 2.37. The van der Waals surface area contributed by atoms with E-state index in [-0.39, 0.29) is 24.1 Å². The van der Waals surface area contributed by atoms with E-state index in [9.17, 15) is 19.2 Å². The Labute approximate surface area is 229 Å². The third kappa shape index (κ3) is 5.90. The largest absolute Gasteiger partial charge is 0.444 e. The second-order valence-corrected chi connectivity index (χ2v) is 12.4. The lowest BCUT2D eigenvalue weighted by Gasteiger charge is -2.38. The molecular weight excluding hydrogens is 498 g/mol. The summed E-state index contributed by atoms with van der Waals surface area (Å²) in [5.41, 5.74) is 2.08. The van der Waals surface area contributed by atoms with E-state index in [1.54, 1.807) is 11.6 Å². The van der Waals surface area contributed by atoms with E-state index in [1.165, 1.54) is 10.1 Å². The van der Waals surface area contributed by atoms with Gasteiger partial charge in [-0.3, -0.25) is 24.0 Å². The van der Waals surface area contributed by atoms with E-state index in [1.807, 2.05) is 31.7 Å². The standard InChI is InChI=1S/C29H41N5O5/c1-29(2,3)39-28(38)33-15-9-19(10-16-33)18-32-13-11-20(12-14-32)21-5-6-22-24(17-21)31(4)27(37)34(22)23-7-8-25(35)30-26(23)36/h5-6,17,19-20,23H,7-16,18H2,1-4H3,(H,30,35,36). The summed E-state index contributed by atoms with van der Waals surface area (Å²) >= 11 is 0. The van der Waals surface area contributed by atoms with Gasteiger partial charge in [0.25, 0.3) is 0 Å². The molecule has 0 radical (unpaired) electrons. The van der Waals surface area contributed by atoms with Crippen LogP contribution < -0.4 is 11.0 Å². The molecule has 3 amide bonds. The Hall–Kier alpha value is -3.14. The van der Waals surface area contributed by atoms with Gasteiger partial charge in [-0.15, -0.1) is 0 Å². The molecule has 1 aromatic heterocycles. The average Bonchev–Trinajstić information content (AvgIpc) is 3.13. The molecule has 0 aliphatic carbocycles. The minimum atomic E-state index is -0.663. The van der Waals surface area contributed by atoms with E-state index < -0.39 is 17.6 Å². The van der Waals surface area contributed by atoms with Crippen molar-refractivity contribution >= 4 is 28.9 Å². The van der Waals surface area contributed by atoms with Crippen LogP contribution >= 0.6 is 0 Å². The average molecular weight is 540 g/mol. The van der Waals surface area contributed by atoms with Crippen LogP contribution in [0.3, 0.4) is 0 Å². The fraction of sp³-hybridized carbons (Fsp3) is 0.655. The third-order valence-electron chi connectivity index (χ3n) is 8.48. The van der Waals surface area contributed by atoms with Crippen LogP contribution in [-0.4, -0.2) is 75.2 Å². The molecule has 0 saturated carbocycles. The van der Waals surface area contributed by atoms with E-state index in [2.05, 4.69) is 22.3 Å². The lowest BCUT2D eigenvalue weighted by atomic mass is 9.88. The molecule has 3 aliphatic heterocycles. The number of nitrogens with one attached hydrogen (secondary N) is 1. The fourth-order valence-corrected chi connectivity index (χ4v) is 6.30. The molecule has 5 rings (SSSR count). The van der Waals surface area contributed by atoms with Crippen molar-refractivity contribution < 1.29 is 19.1 Å². The van der Waals surface area contributed by atoms with Crippen LogP contribution in [0.1, 0.15) is 76.8 Å². The highest BCUT2D eigenvalue weighted by Crippen LogP contribution is 2.32. The topological polar surface area (TPSA) is 106 Å². The summed E-state index contributed by atoms with van der Waals surface area (Å²) in [4.78, 5) is 53.9. The summed E-state index contributed by atoms with van der Waals surface area (Å²) in [6.45, 7) is 10.3. The second kappa shape index (κ2) is 10.8. The quantitative estimate of drug-likeness (QED) is 0.599. The maximum atomic E-state index is 13.1. The fourth-order valence-electron chi connectivity index (χ4n) is 6.30. The molecule has 212 valence electrons. The number of aromatic nitrogens is 2. The molecule has 1 atom stereocenters. The lowest BCUT2D eigenvalue weighted by Crippen LogP contribution is -2.44. The van der Waals surface area contributed by atoms with Crippen LogP contribution in [0.25, 0.3) is 11.0 Å². The number of hydrogen-bond acceptors (Lipinski definition) is 6. The van der Waals surface area contributed by atoms with Crippen molar-refractivity contribution in [2.24, 2.45) is 13.0 Å². The molecule has 0 bridgehead atoms. The SMILES string of the molecule is Cn1c(=O)n(C2CCC(=O)NC2=O)c2ccc(C3CCN(CC4CCN(C(=O)OC(C)(C)C)CC4)CC3)cc21. The van der Waals surface area contributed by atoms with E-state index in [0.29, 0.717) is 18.3 Å². The van der Waals surface area contributed by atoms with Gasteiger partial charge < -0.3 is 14.5 Å². The Kier molecular flexibility index (Phi) is 7.59. The molecule has 3 fully saturated rings. The number of fused-ring (bicyclic) bond motifs is 1. The summed E-state index contributed by atoms with van der Waals surface area (Å²) in [6.07, 6.45) is 4.50. The van der Waals surface area contributed by atoms with Crippen molar-refractivity contribution in [1.82, 2.24) is 24.3 Å². The van der Waals surface area contributed by atoms with Crippen LogP contribution in [0.15, 0.2) is 23.0 Å². The number of benzene rings is 1. The second-order valence-electron chi connectivity index (χ2n) is 12.4. The molecule has 4 heterocycles. The molecule has 3 saturated heterocycles. The molecule has 1 aromatic carbocycles. The number of carbonyl (C=O) groups is 3. The first-order chi connectivity index (χ1) is 18.5. The normalized spacial score (nSPS) is 22.4. The van der Waals surface area contributed by atoms with Gasteiger partial charge in [0.2, 0.25) is 11.8 Å². The lowest BCUT2D eigenvalue weighted by molar-refractivity contribution is -0.135. The number of nitrogens with zero attached hydrogens (tertiary/aromatic N) is 4. The zero-order valence-corrected chi connectivity index (χ0v) is 23.6. The first kappa shape index (κ1) is 27.4. The molecule has 10 nitrogen and oxygen atoms in total. The molecule has 1 unspecified atom stereocenters. The summed E-state index contributed by atoms with van der Waals surface area (Å²) in [7, 11) is 1.74. The number of amides is 3. The Balaban J connectivity index is 1.17. The maximum Gasteiger partial charge on any atom is 0.410 e. The van der Waals surface area contributed by atoms with Crippen LogP contribution in [0.4, 0.5) is 4.79 Å². The number of rotatable bonds is 4. The summed E-state index contributed by atoms with van der Waals surface area (Å²) in [6, 6.07) is 5.49. The van der Waals surface area contributed by atoms with Gasteiger partial charge in [0.05, 0.1) is 11.0 Å². The van der Waals surface area contributed by atoms with Crippen molar-refractivity contribution in [1.29, 1.82) is 0 Å². The van der Waals surface area contributed by atoms with Crippen molar-refractivity contribution in [3.8, 4) is 0 Å². The van der Waals surface area contributed by atoms with Crippen LogP contribution in [0, 0.1) is 5.92 Å². The van der Waals surface area contributed by atoms with E-state index >= 15 is 0 Å². The molecule has 0 spiro atoms. The number of imide groups is 1. The van der Waals surface area contributed by atoms with Gasteiger partial charge in [0, 0.05) is 33.1 Å². The molecule has 10 heteroatoms. The first-order valence-corrected chi connectivity index (χ1v) is 14.2. The van der Waals surface area contributed by atoms with Gasteiger partial charge in [-0.1, -0.05) is 6.07 Å². The molecular formula is C29H41N5O5. The van der Waals surface area contributed by atoms with Crippen molar-refractivity contribution in [3.63, 3.8) is 0 Å². The molecule has 39 heavy (non-hydrogen) atoms. The smallest absolute Gasteiger partial charge is 0.410 e. The highest BCUT2D eigenvalue weighted by atomic mass is 16.6. The Morgan fingerprint density at radius 2 is 1.67 bits per heavy atom. The number of likely N-dealkylation sites (tertiary alicyclic amines) is 2. The highest BCUT2D eigenvalue weighted by molar-refractivity contribution is 6.00. The number of carbonyl (C=O) groups excluding carboxylic acids is 3. The molecule has 2 aromatic rings. The van der Waals surface area contributed by atoms with Crippen LogP contribution in [0.2, 0.25) is 0 Å². The maximum absolute atomic E-state index is 13.1. The zero-order valence-electron chi connectivity index (χ0n) is 23.6. The predicted octanol–water partition coefficient (Wildman–Crippen LogP) is 3.14. The van der Waals surface area contributed by atoms with Crippen LogP contribution in [0.5, 0.6) is 0 Å². The predicted molar refractivity (Wildman–Crippen MR) is 148 cm³/mol. The van der Waals surface area contributed by atoms with E-state index in [0.717, 1.165) is 69.4 Å². The number of ether oxygens (including phenoxy) is 1. The first-order valence-electron chi connectivity index (χ1n) is 14.2. The van der Waals surface area contributed by atoms with Gasteiger partial charge in [-0.2, -0.15) is 0 Å². The summed E-state index contributed by atoms with van der Waals surface area (Å²) in [5.74, 6) is 0.323. The van der Waals surface area contributed by atoms with Gasteiger partial charge >= 0.3 is 11.8 Å².